The van der Waals surface area contributed by atoms with Crippen LogP contribution in [-0.2, 0) is 17.8 Å². The van der Waals surface area contributed by atoms with E-state index in [1.807, 2.05) is 0 Å². The van der Waals surface area contributed by atoms with E-state index in [9.17, 15) is 0 Å². The number of piperidine rings is 1. The highest BCUT2D eigenvalue weighted by molar-refractivity contribution is 9.10. The molecule has 0 spiro atoms. The van der Waals surface area contributed by atoms with Gasteiger partial charge in [-0.2, -0.15) is 0 Å². The van der Waals surface area contributed by atoms with E-state index in [4.69, 9.17) is 9.47 Å². The van der Waals surface area contributed by atoms with Crippen molar-refractivity contribution in [2.75, 3.05) is 27.3 Å². The van der Waals surface area contributed by atoms with Crippen LogP contribution >= 0.6 is 15.9 Å². The quantitative estimate of drug-likeness (QED) is 0.901. The first kappa shape index (κ1) is 14.8. The lowest BCUT2D eigenvalue weighted by atomic mass is 9.90. The molecule has 3 nitrogen and oxygen atoms in total. The van der Waals surface area contributed by atoms with E-state index in [0.717, 1.165) is 35.7 Å². The molecule has 1 heterocycles. The average Bonchev–Trinajstić information content (AvgIpc) is 2.43. The lowest BCUT2D eigenvalue weighted by Crippen LogP contribution is -2.31. The molecule has 106 valence electrons. The fraction of sp³-hybridized carbons (Fsp3) is 0.600. The van der Waals surface area contributed by atoms with Crippen LogP contribution in [0.3, 0.4) is 0 Å². The second-order valence-electron chi connectivity index (χ2n) is 5.10. The minimum Gasteiger partial charge on any atom is -0.496 e. The summed E-state index contributed by atoms with van der Waals surface area (Å²) < 4.78 is 11.7. The first-order valence-corrected chi connectivity index (χ1v) is 7.58. The minimum atomic E-state index is 0.638. The zero-order valence-corrected chi connectivity index (χ0v) is 13.3. The predicted molar refractivity (Wildman–Crippen MR) is 80.7 cm³/mol. The van der Waals surface area contributed by atoms with Gasteiger partial charge in [-0.1, -0.05) is 0 Å². The van der Waals surface area contributed by atoms with Crippen molar-refractivity contribution in [1.82, 2.24) is 5.32 Å². The van der Waals surface area contributed by atoms with Gasteiger partial charge >= 0.3 is 0 Å². The van der Waals surface area contributed by atoms with E-state index in [1.165, 1.54) is 24.0 Å². The highest BCUT2D eigenvalue weighted by atomic mass is 79.9. The number of rotatable bonds is 5. The summed E-state index contributed by atoms with van der Waals surface area (Å²) in [6, 6.07) is 4.26. The third-order valence-electron chi connectivity index (χ3n) is 3.68. The molecule has 1 fully saturated rings. The molecule has 1 aromatic rings. The molecule has 19 heavy (non-hydrogen) atoms. The van der Waals surface area contributed by atoms with Crippen LogP contribution in [0.5, 0.6) is 5.75 Å². The van der Waals surface area contributed by atoms with Crippen molar-refractivity contribution in [2.24, 2.45) is 5.92 Å². The van der Waals surface area contributed by atoms with E-state index in [1.54, 1.807) is 14.2 Å². The number of halogens is 1. The van der Waals surface area contributed by atoms with Crippen LogP contribution < -0.4 is 10.1 Å². The Morgan fingerprint density at radius 3 is 2.79 bits per heavy atom. The van der Waals surface area contributed by atoms with Gasteiger partial charge in [0.25, 0.3) is 0 Å². The van der Waals surface area contributed by atoms with E-state index >= 15 is 0 Å². The van der Waals surface area contributed by atoms with Gasteiger partial charge in [0, 0.05) is 7.11 Å². The van der Waals surface area contributed by atoms with Gasteiger partial charge in [0.1, 0.15) is 5.75 Å². The predicted octanol–water partition coefficient (Wildman–Crippen LogP) is 3.15. The van der Waals surface area contributed by atoms with E-state index < -0.39 is 0 Å². The van der Waals surface area contributed by atoms with Gasteiger partial charge in [-0.3, -0.25) is 0 Å². The number of nitrogens with one attached hydrogen (secondary N) is 1. The summed E-state index contributed by atoms with van der Waals surface area (Å²) >= 11 is 3.58. The second-order valence-corrected chi connectivity index (χ2v) is 5.96. The molecule has 1 aromatic carbocycles. The Kier molecular flexibility index (Phi) is 5.67. The summed E-state index contributed by atoms with van der Waals surface area (Å²) in [6.07, 6.45) is 3.69. The Balaban J connectivity index is 2.18. The molecule has 0 radical (unpaired) electrons. The highest BCUT2D eigenvalue weighted by Gasteiger charge is 2.17. The van der Waals surface area contributed by atoms with Gasteiger partial charge in [-0.25, -0.2) is 0 Å². The molecule has 0 bridgehead atoms. The summed E-state index contributed by atoms with van der Waals surface area (Å²) in [5.41, 5.74) is 2.59. The number of ether oxygens (including phenoxy) is 2. The molecular formula is C15H22BrNO2. The van der Waals surface area contributed by atoms with Crippen molar-refractivity contribution in [2.45, 2.75) is 25.9 Å². The van der Waals surface area contributed by atoms with Gasteiger partial charge in [-0.15, -0.1) is 0 Å². The highest BCUT2D eigenvalue weighted by Crippen LogP contribution is 2.31. The van der Waals surface area contributed by atoms with E-state index in [2.05, 4.69) is 33.4 Å². The molecule has 1 unspecified atom stereocenters. The Hall–Kier alpha value is -0.580. The zero-order chi connectivity index (χ0) is 13.7. The molecule has 1 aliphatic rings. The van der Waals surface area contributed by atoms with Crippen molar-refractivity contribution < 1.29 is 9.47 Å². The summed E-state index contributed by atoms with van der Waals surface area (Å²) in [7, 11) is 3.43. The van der Waals surface area contributed by atoms with Gasteiger partial charge in [0.2, 0.25) is 0 Å². The number of methoxy groups -OCH3 is 2. The topological polar surface area (TPSA) is 30.5 Å². The maximum Gasteiger partial charge on any atom is 0.133 e. The lowest BCUT2D eigenvalue weighted by Gasteiger charge is -2.24. The fourth-order valence-corrected chi connectivity index (χ4v) is 3.23. The molecule has 1 N–H and O–H groups in total. The molecule has 0 amide bonds. The van der Waals surface area contributed by atoms with Crippen LogP contribution in [0.15, 0.2) is 16.6 Å². The van der Waals surface area contributed by atoms with Crippen molar-refractivity contribution in [3.8, 4) is 5.75 Å². The summed E-state index contributed by atoms with van der Waals surface area (Å²) in [6.45, 7) is 2.92. The number of hydrogen-bond acceptors (Lipinski definition) is 3. The van der Waals surface area contributed by atoms with Crippen molar-refractivity contribution in [3.05, 3.63) is 27.7 Å². The minimum absolute atomic E-state index is 0.638. The van der Waals surface area contributed by atoms with E-state index in [0.29, 0.717) is 6.61 Å². The second kappa shape index (κ2) is 7.27. The molecule has 1 atom stereocenters. The van der Waals surface area contributed by atoms with Crippen LogP contribution in [0.4, 0.5) is 0 Å². The van der Waals surface area contributed by atoms with Gasteiger partial charge in [-0.05, 0) is 77.5 Å². The molecule has 0 aliphatic carbocycles. The van der Waals surface area contributed by atoms with Crippen molar-refractivity contribution >= 4 is 15.9 Å². The summed E-state index contributed by atoms with van der Waals surface area (Å²) in [4.78, 5) is 0. The van der Waals surface area contributed by atoms with Crippen molar-refractivity contribution in [3.63, 3.8) is 0 Å². The molecule has 0 aromatic heterocycles. The number of hydrogen-bond donors (Lipinski definition) is 1. The normalized spacial score (nSPS) is 19.4. The average molecular weight is 328 g/mol. The van der Waals surface area contributed by atoms with Gasteiger partial charge in [0.15, 0.2) is 0 Å². The SMILES string of the molecule is COCc1cc(OC)c(Br)cc1CC1CCCNC1. The molecule has 0 saturated carbocycles. The molecule has 2 rings (SSSR count). The molecular weight excluding hydrogens is 306 g/mol. The standard InChI is InChI=1S/C15H22BrNO2/c1-18-10-13-8-15(19-2)14(16)7-12(13)6-11-4-3-5-17-9-11/h7-8,11,17H,3-6,9-10H2,1-2H3. The van der Waals surface area contributed by atoms with Crippen LogP contribution in [0.1, 0.15) is 24.0 Å². The van der Waals surface area contributed by atoms with Crippen LogP contribution in [0, 0.1) is 5.92 Å². The van der Waals surface area contributed by atoms with Gasteiger partial charge < -0.3 is 14.8 Å². The fourth-order valence-electron chi connectivity index (χ4n) is 2.68. The first-order chi connectivity index (χ1) is 9.24. The zero-order valence-electron chi connectivity index (χ0n) is 11.7. The largest absolute Gasteiger partial charge is 0.496 e. The maximum absolute atomic E-state index is 5.36. The lowest BCUT2D eigenvalue weighted by molar-refractivity contribution is 0.183. The third kappa shape index (κ3) is 3.94. The molecule has 4 heteroatoms. The van der Waals surface area contributed by atoms with E-state index in [-0.39, 0.29) is 0 Å². The monoisotopic (exact) mass is 327 g/mol. The van der Waals surface area contributed by atoms with Crippen LogP contribution in [-0.4, -0.2) is 27.3 Å². The van der Waals surface area contributed by atoms with Gasteiger partial charge in [0.05, 0.1) is 18.2 Å². The van der Waals surface area contributed by atoms with Crippen LogP contribution in [0.25, 0.3) is 0 Å². The smallest absolute Gasteiger partial charge is 0.133 e. The Morgan fingerprint density at radius 2 is 2.16 bits per heavy atom. The first-order valence-electron chi connectivity index (χ1n) is 6.79. The Bertz CT molecular complexity index is 417. The maximum atomic E-state index is 5.36. The third-order valence-corrected chi connectivity index (χ3v) is 4.30. The molecule has 1 aliphatic heterocycles. The molecule has 1 saturated heterocycles. The number of benzene rings is 1. The van der Waals surface area contributed by atoms with Crippen LogP contribution in [0.2, 0.25) is 0 Å². The Labute approximate surface area is 123 Å². The summed E-state index contributed by atoms with van der Waals surface area (Å²) in [5, 5.41) is 3.48. The summed E-state index contributed by atoms with van der Waals surface area (Å²) in [5.74, 6) is 1.60. The van der Waals surface area contributed by atoms with Crippen molar-refractivity contribution in [1.29, 1.82) is 0 Å². The Morgan fingerprint density at radius 1 is 1.32 bits per heavy atom.